The Balaban J connectivity index is 1.77. The van der Waals surface area contributed by atoms with Crippen molar-refractivity contribution in [2.75, 3.05) is 33.9 Å². The van der Waals surface area contributed by atoms with Crippen molar-refractivity contribution in [3.05, 3.63) is 68.4 Å². The largest absolute Gasteiger partial charge is 0.493 e. The van der Waals surface area contributed by atoms with Gasteiger partial charge in [-0.05, 0) is 48.9 Å². The van der Waals surface area contributed by atoms with Gasteiger partial charge in [0.15, 0.2) is 11.5 Å². The highest BCUT2D eigenvalue weighted by Crippen LogP contribution is 2.30. The van der Waals surface area contributed by atoms with Crippen LogP contribution in [-0.2, 0) is 17.9 Å². The molecule has 0 aliphatic carbocycles. The minimum atomic E-state index is -0.595. The maximum absolute atomic E-state index is 13.8. The van der Waals surface area contributed by atoms with Crippen LogP contribution in [0.3, 0.4) is 0 Å². The fourth-order valence-corrected chi connectivity index (χ4v) is 4.97. The number of amides is 2. The number of nitrogens with one attached hydrogen (secondary N) is 1. The fourth-order valence-electron chi connectivity index (χ4n) is 4.97. The minimum Gasteiger partial charge on any atom is -0.493 e. The Morgan fingerprint density at radius 3 is 2.36 bits per heavy atom. The predicted octanol–water partition coefficient (Wildman–Crippen LogP) is 2.63. The van der Waals surface area contributed by atoms with E-state index in [0.717, 1.165) is 23.8 Å². The number of benzene rings is 2. The summed E-state index contributed by atoms with van der Waals surface area (Å²) in [4.78, 5) is 54.7. The van der Waals surface area contributed by atoms with Crippen molar-refractivity contribution in [1.29, 1.82) is 0 Å². The molecule has 10 nitrogen and oxygen atoms in total. The summed E-state index contributed by atoms with van der Waals surface area (Å²) in [5, 5.41) is 3.06. The molecule has 208 valence electrons. The molecule has 2 heterocycles. The number of nitrogens with zero attached hydrogens (tertiary/aromatic N) is 3. The molecule has 2 amide bonds. The third kappa shape index (κ3) is 6.00. The second-order valence-corrected chi connectivity index (χ2v) is 10.0. The van der Waals surface area contributed by atoms with Gasteiger partial charge in [0, 0.05) is 31.3 Å². The zero-order valence-corrected chi connectivity index (χ0v) is 23.0. The van der Waals surface area contributed by atoms with Crippen LogP contribution in [0.1, 0.15) is 49.0 Å². The van der Waals surface area contributed by atoms with E-state index >= 15 is 0 Å². The van der Waals surface area contributed by atoms with Gasteiger partial charge < -0.3 is 19.7 Å². The third-order valence-corrected chi connectivity index (χ3v) is 7.13. The standard InChI is InChI=1S/C29H36N4O6/c1-5-12-30-27(35)21-10-8-20(9-11-21)17-33-28(36)22-14-24(38-3)25(39-4)15-23(22)32(29(33)37)18-26(34)31-13-6-7-19(2)16-31/h8-11,14-15,19H,5-7,12-13,16-18H2,1-4H3,(H,30,35)/t19-/m1/s1. The zero-order valence-electron chi connectivity index (χ0n) is 23.0. The molecule has 1 atom stereocenters. The van der Waals surface area contributed by atoms with Crippen LogP contribution >= 0.6 is 0 Å². The number of piperidine rings is 1. The molecule has 10 heteroatoms. The lowest BCUT2D eigenvalue weighted by molar-refractivity contribution is -0.133. The maximum atomic E-state index is 13.8. The zero-order chi connectivity index (χ0) is 28.1. The van der Waals surface area contributed by atoms with Gasteiger partial charge in [-0.25, -0.2) is 4.79 Å². The van der Waals surface area contributed by atoms with Crippen LogP contribution in [0.5, 0.6) is 11.5 Å². The van der Waals surface area contributed by atoms with Crippen LogP contribution in [0.4, 0.5) is 0 Å². The van der Waals surface area contributed by atoms with Gasteiger partial charge in [-0.3, -0.25) is 23.5 Å². The van der Waals surface area contributed by atoms with Crippen molar-refractivity contribution in [2.45, 2.75) is 46.2 Å². The Morgan fingerprint density at radius 1 is 1.03 bits per heavy atom. The second kappa shape index (κ2) is 12.2. The molecule has 4 rings (SSSR count). The van der Waals surface area contributed by atoms with E-state index in [2.05, 4.69) is 12.2 Å². The van der Waals surface area contributed by atoms with Crippen molar-refractivity contribution in [3.63, 3.8) is 0 Å². The Labute approximate surface area is 227 Å². The molecule has 0 saturated carbocycles. The summed E-state index contributed by atoms with van der Waals surface area (Å²) in [5.41, 5.74) is 0.372. The number of methoxy groups -OCH3 is 2. The Bertz CT molecular complexity index is 1470. The van der Waals surface area contributed by atoms with Gasteiger partial charge in [0.2, 0.25) is 5.91 Å². The molecule has 0 spiro atoms. The van der Waals surface area contributed by atoms with E-state index < -0.39 is 11.2 Å². The van der Waals surface area contributed by atoms with Crippen molar-refractivity contribution >= 4 is 22.7 Å². The molecule has 0 unspecified atom stereocenters. The number of hydrogen-bond donors (Lipinski definition) is 1. The smallest absolute Gasteiger partial charge is 0.332 e. The summed E-state index contributed by atoms with van der Waals surface area (Å²) in [6, 6.07) is 9.88. The van der Waals surface area contributed by atoms with Gasteiger partial charge in [-0.1, -0.05) is 26.0 Å². The fraction of sp³-hybridized carbons (Fsp3) is 0.448. The molecule has 0 radical (unpaired) electrons. The van der Waals surface area contributed by atoms with E-state index in [-0.39, 0.29) is 30.3 Å². The van der Waals surface area contributed by atoms with Gasteiger partial charge >= 0.3 is 5.69 Å². The number of likely N-dealkylation sites (tertiary alicyclic amines) is 1. The molecule has 1 aliphatic heterocycles. The summed E-state index contributed by atoms with van der Waals surface area (Å²) in [6.45, 7) is 5.73. The molecule has 3 aromatic rings. The van der Waals surface area contributed by atoms with Gasteiger partial charge in [-0.15, -0.1) is 0 Å². The highest BCUT2D eigenvalue weighted by Gasteiger charge is 2.24. The Hall–Kier alpha value is -4.08. The number of rotatable bonds is 9. The highest BCUT2D eigenvalue weighted by molar-refractivity contribution is 5.94. The quantitative estimate of drug-likeness (QED) is 0.450. The SMILES string of the molecule is CCCNC(=O)c1ccc(Cn2c(=O)c3cc(OC)c(OC)cc3n(CC(=O)N3CCC[C@@H](C)C3)c2=O)cc1. The Kier molecular flexibility index (Phi) is 8.73. The number of carbonyl (C=O) groups excluding carboxylic acids is 2. The summed E-state index contributed by atoms with van der Waals surface area (Å²) in [5.74, 6) is 0.734. The number of ether oxygens (including phenoxy) is 2. The lowest BCUT2D eigenvalue weighted by Crippen LogP contribution is -2.45. The first-order valence-corrected chi connectivity index (χ1v) is 13.3. The molecule has 1 aromatic heterocycles. The minimum absolute atomic E-state index is 0.0201. The number of hydrogen-bond acceptors (Lipinski definition) is 6. The predicted molar refractivity (Wildman–Crippen MR) is 149 cm³/mol. The van der Waals surface area contributed by atoms with Crippen LogP contribution in [0.25, 0.3) is 10.9 Å². The maximum Gasteiger partial charge on any atom is 0.332 e. The van der Waals surface area contributed by atoms with E-state index in [1.54, 1.807) is 35.2 Å². The number of carbonyl (C=O) groups is 2. The van der Waals surface area contributed by atoms with Crippen molar-refractivity contribution in [1.82, 2.24) is 19.4 Å². The topological polar surface area (TPSA) is 112 Å². The molecule has 1 saturated heterocycles. The van der Waals surface area contributed by atoms with Gasteiger partial charge in [-0.2, -0.15) is 0 Å². The highest BCUT2D eigenvalue weighted by atomic mass is 16.5. The normalized spacial score (nSPS) is 15.3. The molecule has 2 aromatic carbocycles. The van der Waals surface area contributed by atoms with Crippen molar-refractivity contribution in [3.8, 4) is 11.5 Å². The Morgan fingerprint density at radius 2 is 1.72 bits per heavy atom. The van der Waals surface area contributed by atoms with Crippen LogP contribution in [-0.4, -0.2) is 59.7 Å². The van der Waals surface area contributed by atoms with Crippen molar-refractivity contribution in [2.24, 2.45) is 5.92 Å². The summed E-state index contributed by atoms with van der Waals surface area (Å²) in [6.07, 6.45) is 2.81. The summed E-state index contributed by atoms with van der Waals surface area (Å²) < 4.78 is 13.3. The van der Waals surface area contributed by atoms with Crippen LogP contribution in [0, 0.1) is 5.92 Å². The summed E-state index contributed by atoms with van der Waals surface area (Å²) >= 11 is 0. The molecular formula is C29H36N4O6. The van der Waals surface area contributed by atoms with Crippen LogP contribution in [0.2, 0.25) is 0 Å². The van der Waals surface area contributed by atoms with E-state index in [9.17, 15) is 19.2 Å². The van der Waals surface area contributed by atoms with Gasteiger partial charge in [0.1, 0.15) is 6.54 Å². The molecular weight excluding hydrogens is 500 g/mol. The van der Waals surface area contributed by atoms with Gasteiger partial charge in [0.05, 0.1) is 31.7 Å². The first kappa shape index (κ1) is 27.9. The first-order valence-electron chi connectivity index (χ1n) is 13.3. The molecule has 1 N–H and O–H groups in total. The van der Waals surface area contributed by atoms with E-state index in [4.69, 9.17) is 9.47 Å². The van der Waals surface area contributed by atoms with E-state index in [1.807, 2.05) is 6.92 Å². The molecule has 1 aliphatic rings. The molecule has 1 fully saturated rings. The van der Waals surface area contributed by atoms with E-state index in [0.29, 0.717) is 53.7 Å². The third-order valence-electron chi connectivity index (χ3n) is 7.13. The van der Waals surface area contributed by atoms with Crippen molar-refractivity contribution < 1.29 is 19.1 Å². The lowest BCUT2D eigenvalue weighted by Gasteiger charge is -2.31. The number of aromatic nitrogens is 2. The first-order chi connectivity index (χ1) is 18.8. The molecule has 39 heavy (non-hydrogen) atoms. The average Bonchev–Trinajstić information content (AvgIpc) is 2.95. The second-order valence-electron chi connectivity index (χ2n) is 10.0. The monoisotopic (exact) mass is 536 g/mol. The average molecular weight is 537 g/mol. The van der Waals surface area contributed by atoms with Crippen LogP contribution < -0.4 is 26.0 Å². The van der Waals surface area contributed by atoms with Crippen LogP contribution in [0.15, 0.2) is 46.0 Å². The lowest BCUT2D eigenvalue weighted by atomic mass is 10.0. The molecule has 0 bridgehead atoms. The number of fused-ring (bicyclic) bond motifs is 1. The van der Waals surface area contributed by atoms with E-state index in [1.165, 1.54) is 24.9 Å². The van der Waals surface area contributed by atoms with Gasteiger partial charge in [0.25, 0.3) is 11.5 Å². The summed E-state index contributed by atoms with van der Waals surface area (Å²) in [7, 11) is 2.94.